The molecule has 0 unspecified atom stereocenters. The van der Waals surface area contributed by atoms with Gasteiger partial charge in [-0.25, -0.2) is 4.98 Å². The number of nitrogens with one attached hydrogen (secondary N) is 1. The van der Waals surface area contributed by atoms with Gasteiger partial charge < -0.3 is 14.7 Å². The zero-order chi connectivity index (χ0) is 23.6. The molecule has 178 valence electrons. The van der Waals surface area contributed by atoms with E-state index in [4.69, 9.17) is 10.1 Å². The SMILES string of the molecule is Br.CCOC(=O)CCc1cc(C(=O)CN2Cc3ccc(C)nc3C2=N)cc(C(C)(C)C)c1O. The Hall–Kier alpha value is -2.74. The minimum Gasteiger partial charge on any atom is -0.507 e. The number of phenols is 1. The van der Waals surface area contributed by atoms with Crippen LogP contribution in [0.2, 0.25) is 0 Å². The maximum absolute atomic E-state index is 13.2. The van der Waals surface area contributed by atoms with Crippen molar-refractivity contribution < 1.29 is 19.4 Å². The second-order valence-corrected chi connectivity index (χ2v) is 9.17. The minimum absolute atomic E-state index is 0. The van der Waals surface area contributed by atoms with Crippen LogP contribution in [-0.4, -0.2) is 45.7 Å². The summed E-state index contributed by atoms with van der Waals surface area (Å²) in [6, 6.07) is 7.23. The summed E-state index contributed by atoms with van der Waals surface area (Å²) in [5.74, 6) is -0.136. The predicted molar refractivity (Wildman–Crippen MR) is 133 cm³/mol. The van der Waals surface area contributed by atoms with Crippen LogP contribution >= 0.6 is 17.0 Å². The number of fused-ring (bicyclic) bond motifs is 1. The molecule has 2 N–H and O–H groups in total. The molecule has 3 rings (SSSR count). The van der Waals surface area contributed by atoms with Crippen molar-refractivity contribution >= 4 is 34.6 Å². The average molecular weight is 518 g/mol. The van der Waals surface area contributed by atoms with Crippen LogP contribution in [0.5, 0.6) is 5.75 Å². The number of ether oxygens (including phenoxy) is 1. The maximum atomic E-state index is 13.2. The monoisotopic (exact) mass is 517 g/mol. The second kappa shape index (κ2) is 10.5. The van der Waals surface area contributed by atoms with Crippen molar-refractivity contribution in [2.75, 3.05) is 13.2 Å². The first-order valence-electron chi connectivity index (χ1n) is 10.9. The van der Waals surface area contributed by atoms with Gasteiger partial charge in [0.15, 0.2) is 5.78 Å². The van der Waals surface area contributed by atoms with Crippen LogP contribution in [0.3, 0.4) is 0 Å². The van der Waals surface area contributed by atoms with Crippen LogP contribution < -0.4 is 0 Å². The lowest BCUT2D eigenvalue weighted by Crippen LogP contribution is -2.30. The fraction of sp³-hybridized carbons (Fsp3) is 0.440. The van der Waals surface area contributed by atoms with Crippen molar-refractivity contribution in [1.29, 1.82) is 5.41 Å². The van der Waals surface area contributed by atoms with Crippen molar-refractivity contribution in [2.24, 2.45) is 0 Å². The summed E-state index contributed by atoms with van der Waals surface area (Å²) in [6.45, 7) is 10.3. The van der Waals surface area contributed by atoms with E-state index in [2.05, 4.69) is 4.98 Å². The lowest BCUT2D eigenvalue weighted by molar-refractivity contribution is -0.143. The molecule has 0 saturated heterocycles. The predicted octanol–water partition coefficient (Wildman–Crippen LogP) is 4.49. The summed E-state index contributed by atoms with van der Waals surface area (Å²) in [5.41, 5.74) is 3.65. The highest BCUT2D eigenvalue weighted by molar-refractivity contribution is 8.93. The van der Waals surface area contributed by atoms with Crippen LogP contribution in [0.1, 0.15) is 72.6 Å². The smallest absolute Gasteiger partial charge is 0.306 e. The number of phenolic OH excluding ortho intramolecular Hbond substituents is 1. The van der Waals surface area contributed by atoms with Crippen molar-refractivity contribution in [2.45, 2.75) is 59.4 Å². The van der Waals surface area contributed by atoms with Crippen molar-refractivity contribution in [3.05, 3.63) is 57.9 Å². The molecule has 1 aliphatic rings. The number of nitrogens with zero attached hydrogens (tertiary/aromatic N) is 2. The molecule has 1 aromatic carbocycles. The number of hydrogen-bond acceptors (Lipinski definition) is 6. The lowest BCUT2D eigenvalue weighted by atomic mass is 9.83. The molecule has 2 aromatic rings. The Kier molecular flexibility index (Phi) is 8.41. The zero-order valence-corrected chi connectivity index (χ0v) is 21.5. The topological polar surface area (TPSA) is 104 Å². The molecule has 33 heavy (non-hydrogen) atoms. The van der Waals surface area contributed by atoms with Gasteiger partial charge in [0.25, 0.3) is 0 Å². The Balaban J connectivity index is 0.00000385. The molecule has 0 spiro atoms. The van der Waals surface area contributed by atoms with Gasteiger partial charge in [-0.15, -0.1) is 17.0 Å². The maximum Gasteiger partial charge on any atom is 0.306 e. The molecule has 0 radical (unpaired) electrons. The number of halogens is 1. The first kappa shape index (κ1) is 26.5. The number of aromatic hydroxyl groups is 1. The number of carbonyl (C=O) groups excluding carboxylic acids is 2. The molecule has 2 heterocycles. The molecule has 0 bridgehead atoms. The third-order valence-electron chi connectivity index (χ3n) is 5.58. The average Bonchev–Trinajstić information content (AvgIpc) is 3.01. The van der Waals surface area contributed by atoms with Gasteiger partial charge in [0.1, 0.15) is 17.3 Å². The van der Waals surface area contributed by atoms with Gasteiger partial charge in [0.2, 0.25) is 0 Å². The van der Waals surface area contributed by atoms with Crippen molar-refractivity contribution in [1.82, 2.24) is 9.88 Å². The molecule has 0 atom stereocenters. The van der Waals surface area contributed by atoms with Gasteiger partial charge in [-0.05, 0) is 49.4 Å². The number of esters is 1. The summed E-state index contributed by atoms with van der Waals surface area (Å²) >= 11 is 0. The number of aryl methyl sites for hydroxylation is 2. The Morgan fingerprint density at radius 2 is 1.94 bits per heavy atom. The van der Waals surface area contributed by atoms with Crippen molar-refractivity contribution in [3.8, 4) is 5.75 Å². The summed E-state index contributed by atoms with van der Waals surface area (Å²) in [7, 11) is 0. The third kappa shape index (κ3) is 5.99. The molecule has 0 aliphatic carbocycles. The third-order valence-corrected chi connectivity index (χ3v) is 5.58. The number of Topliss-reactive ketones (excluding diaryl/α,β-unsaturated/α-hetero) is 1. The normalized spacial score (nSPS) is 12.9. The van der Waals surface area contributed by atoms with E-state index >= 15 is 0 Å². The van der Waals surface area contributed by atoms with Crippen LogP contribution in [0.15, 0.2) is 24.3 Å². The number of rotatable bonds is 7. The number of benzene rings is 1. The molecule has 1 aliphatic heterocycles. The number of amidine groups is 1. The van der Waals surface area contributed by atoms with E-state index in [-0.39, 0.29) is 59.7 Å². The van der Waals surface area contributed by atoms with E-state index in [1.54, 1.807) is 24.0 Å². The molecule has 7 nitrogen and oxygen atoms in total. The summed E-state index contributed by atoms with van der Waals surface area (Å²) in [4.78, 5) is 31.2. The van der Waals surface area contributed by atoms with Crippen LogP contribution in [-0.2, 0) is 27.9 Å². The standard InChI is InChI=1S/C25H31N3O4.BrH/c1-6-32-21(30)10-9-16-11-18(12-19(23(16)31)25(3,4)5)20(29)14-28-13-17-8-7-15(2)27-22(17)24(28)26;/h7-8,11-12,26,31H,6,9-10,13-14H2,1-5H3;1H. The lowest BCUT2D eigenvalue weighted by Gasteiger charge is -2.24. The Morgan fingerprint density at radius 1 is 1.24 bits per heavy atom. The molecule has 1 aromatic heterocycles. The number of aromatic nitrogens is 1. The highest BCUT2D eigenvalue weighted by Gasteiger charge is 2.29. The van der Waals surface area contributed by atoms with Crippen LogP contribution in [0.25, 0.3) is 0 Å². The molecular formula is C25H32BrN3O4. The largest absolute Gasteiger partial charge is 0.507 e. The van der Waals surface area contributed by atoms with E-state index in [1.807, 2.05) is 39.8 Å². The molecular weight excluding hydrogens is 486 g/mol. The fourth-order valence-electron chi connectivity index (χ4n) is 3.84. The molecule has 8 heteroatoms. The van der Waals surface area contributed by atoms with E-state index < -0.39 is 5.41 Å². The second-order valence-electron chi connectivity index (χ2n) is 9.17. The van der Waals surface area contributed by atoms with Gasteiger partial charge in [0, 0.05) is 35.3 Å². The van der Waals surface area contributed by atoms with E-state index in [0.717, 1.165) is 11.3 Å². The van der Waals surface area contributed by atoms with Gasteiger partial charge in [-0.2, -0.15) is 0 Å². The van der Waals surface area contributed by atoms with E-state index in [0.29, 0.717) is 35.5 Å². The molecule has 0 saturated carbocycles. The number of pyridine rings is 1. The number of ketones is 1. The first-order valence-corrected chi connectivity index (χ1v) is 10.9. The number of carbonyl (C=O) groups is 2. The quantitative estimate of drug-likeness (QED) is 0.414. The number of hydrogen-bond donors (Lipinski definition) is 2. The van der Waals surface area contributed by atoms with Gasteiger partial charge >= 0.3 is 5.97 Å². The van der Waals surface area contributed by atoms with Gasteiger partial charge in [-0.3, -0.25) is 15.0 Å². The van der Waals surface area contributed by atoms with Crippen molar-refractivity contribution in [3.63, 3.8) is 0 Å². The zero-order valence-electron chi connectivity index (χ0n) is 19.8. The summed E-state index contributed by atoms with van der Waals surface area (Å²) in [5, 5.41) is 19.3. The van der Waals surface area contributed by atoms with Crippen LogP contribution in [0, 0.1) is 12.3 Å². The Morgan fingerprint density at radius 3 is 2.58 bits per heavy atom. The highest BCUT2D eigenvalue weighted by Crippen LogP contribution is 2.35. The minimum atomic E-state index is -0.392. The Bertz CT molecular complexity index is 1080. The fourth-order valence-corrected chi connectivity index (χ4v) is 3.84. The highest BCUT2D eigenvalue weighted by atomic mass is 79.9. The summed E-state index contributed by atoms with van der Waals surface area (Å²) < 4.78 is 4.99. The first-order chi connectivity index (χ1) is 15.0. The molecule has 0 fully saturated rings. The van der Waals surface area contributed by atoms with Gasteiger partial charge in [0.05, 0.1) is 13.2 Å². The van der Waals surface area contributed by atoms with E-state index in [9.17, 15) is 14.7 Å². The van der Waals surface area contributed by atoms with Gasteiger partial charge in [-0.1, -0.05) is 26.8 Å². The van der Waals surface area contributed by atoms with Crippen LogP contribution in [0.4, 0.5) is 0 Å². The Labute approximate surface area is 205 Å². The summed E-state index contributed by atoms with van der Waals surface area (Å²) in [6.07, 6.45) is 0.406. The van der Waals surface area contributed by atoms with E-state index in [1.165, 1.54) is 0 Å². The molecule has 0 amide bonds.